The third-order valence-corrected chi connectivity index (χ3v) is 2.54. The molecule has 1 fully saturated rings. The van der Waals surface area contributed by atoms with Gasteiger partial charge in [0.25, 0.3) is 0 Å². The van der Waals surface area contributed by atoms with Gasteiger partial charge in [-0.2, -0.15) is 0 Å². The van der Waals surface area contributed by atoms with Crippen LogP contribution in [0.25, 0.3) is 0 Å². The number of pyridine rings is 1. The highest BCUT2D eigenvalue weighted by Gasteiger charge is 2.09. The van der Waals surface area contributed by atoms with Crippen LogP contribution in [0.5, 0.6) is 0 Å². The van der Waals surface area contributed by atoms with Crippen LogP contribution in [0.3, 0.4) is 0 Å². The van der Waals surface area contributed by atoms with E-state index < -0.39 is 0 Å². The summed E-state index contributed by atoms with van der Waals surface area (Å²) in [6, 6.07) is 6.23. The number of nitrogens with zero attached hydrogens (tertiary/aromatic N) is 2. The number of aryl methyl sites for hydroxylation is 1. The zero-order chi connectivity index (χ0) is 11.8. The van der Waals surface area contributed by atoms with Crippen molar-refractivity contribution in [3.8, 4) is 0 Å². The maximum Gasteiger partial charge on any atom is 0.0547 e. The zero-order valence-electron chi connectivity index (χ0n) is 10.7. The predicted molar refractivity (Wildman–Crippen MR) is 68.5 cm³/mol. The lowest BCUT2D eigenvalue weighted by molar-refractivity contribution is 0.230. The molecule has 0 amide bonds. The minimum absolute atomic E-state index is 0.989. The van der Waals surface area contributed by atoms with Crippen molar-refractivity contribution in [2.75, 3.05) is 26.2 Å². The molecule has 0 aliphatic carbocycles. The molecular weight excluding hydrogens is 198 g/mol. The quantitative estimate of drug-likeness (QED) is 0.825. The Kier molecular flexibility index (Phi) is 6.04. The Morgan fingerprint density at radius 3 is 2.56 bits per heavy atom. The van der Waals surface area contributed by atoms with E-state index in [0.29, 0.717) is 0 Å². The number of piperazine rings is 1. The van der Waals surface area contributed by atoms with E-state index in [1.54, 1.807) is 0 Å². The fourth-order valence-electron chi connectivity index (χ4n) is 1.79. The summed E-state index contributed by atoms with van der Waals surface area (Å²) in [5, 5.41) is 3.35. The summed E-state index contributed by atoms with van der Waals surface area (Å²) < 4.78 is 0. The van der Waals surface area contributed by atoms with Crippen LogP contribution in [-0.4, -0.2) is 36.1 Å². The SMILES string of the molecule is CC.Cc1cccc(CN2CCNCC2)n1. The molecule has 3 heteroatoms. The van der Waals surface area contributed by atoms with Gasteiger partial charge < -0.3 is 5.32 Å². The van der Waals surface area contributed by atoms with E-state index in [9.17, 15) is 0 Å². The van der Waals surface area contributed by atoms with Gasteiger partial charge in [-0.3, -0.25) is 9.88 Å². The molecule has 1 aromatic rings. The van der Waals surface area contributed by atoms with E-state index >= 15 is 0 Å². The van der Waals surface area contributed by atoms with Crippen molar-refractivity contribution in [1.82, 2.24) is 15.2 Å². The molecule has 0 bridgehead atoms. The molecular formula is C13H23N3. The molecule has 0 saturated carbocycles. The second-order valence-corrected chi connectivity index (χ2v) is 3.80. The highest BCUT2D eigenvalue weighted by atomic mass is 15.2. The zero-order valence-corrected chi connectivity index (χ0v) is 10.7. The summed E-state index contributed by atoms with van der Waals surface area (Å²) in [6.07, 6.45) is 0. The Balaban J connectivity index is 0.000000606. The molecule has 1 aliphatic rings. The first-order valence-electron chi connectivity index (χ1n) is 6.20. The van der Waals surface area contributed by atoms with Crippen LogP contribution >= 0.6 is 0 Å². The van der Waals surface area contributed by atoms with Crippen LogP contribution in [0.1, 0.15) is 25.2 Å². The molecule has 1 aromatic heterocycles. The Bertz CT molecular complexity index is 293. The van der Waals surface area contributed by atoms with E-state index in [-0.39, 0.29) is 0 Å². The molecule has 0 spiro atoms. The maximum atomic E-state index is 4.51. The summed E-state index contributed by atoms with van der Waals surface area (Å²) in [7, 11) is 0. The van der Waals surface area contributed by atoms with E-state index in [2.05, 4.69) is 27.3 Å². The monoisotopic (exact) mass is 221 g/mol. The number of hydrogen-bond donors (Lipinski definition) is 1. The lowest BCUT2D eigenvalue weighted by Gasteiger charge is -2.26. The molecule has 0 atom stereocenters. The van der Waals surface area contributed by atoms with Crippen molar-refractivity contribution in [2.45, 2.75) is 27.3 Å². The average molecular weight is 221 g/mol. The molecule has 1 N–H and O–H groups in total. The van der Waals surface area contributed by atoms with Crippen molar-refractivity contribution >= 4 is 0 Å². The predicted octanol–water partition coefficient (Wildman–Crippen LogP) is 1.82. The first-order valence-corrected chi connectivity index (χ1v) is 6.20. The van der Waals surface area contributed by atoms with Crippen LogP contribution in [-0.2, 0) is 6.54 Å². The number of rotatable bonds is 2. The highest BCUT2D eigenvalue weighted by molar-refractivity contribution is 5.09. The van der Waals surface area contributed by atoms with Crippen molar-refractivity contribution in [1.29, 1.82) is 0 Å². The third kappa shape index (κ3) is 4.29. The van der Waals surface area contributed by atoms with Crippen LogP contribution < -0.4 is 5.32 Å². The molecule has 0 unspecified atom stereocenters. The van der Waals surface area contributed by atoms with Gasteiger partial charge in [0.15, 0.2) is 0 Å². The van der Waals surface area contributed by atoms with Crippen LogP contribution in [0.4, 0.5) is 0 Å². The minimum Gasteiger partial charge on any atom is -0.314 e. The lowest BCUT2D eigenvalue weighted by atomic mass is 10.2. The molecule has 1 aliphatic heterocycles. The molecule has 0 aromatic carbocycles. The average Bonchev–Trinajstić information content (AvgIpc) is 2.33. The second kappa shape index (κ2) is 7.36. The van der Waals surface area contributed by atoms with Crippen molar-refractivity contribution in [2.24, 2.45) is 0 Å². The van der Waals surface area contributed by atoms with Gasteiger partial charge in [0, 0.05) is 38.4 Å². The van der Waals surface area contributed by atoms with Crippen molar-refractivity contribution in [3.63, 3.8) is 0 Å². The van der Waals surface area contributed by atoms with Gasteiger partial charge in [0.05, 0.1) is 5.69 Å². The van der Waals surface area contributed by atoms with Crippen LogP contribution in [0.2, 0.25) is 0 Å². The normalized spacial score (nSPS) is 16.4. The summed E-state index contributed by atoms with van der Waals surface area (Å²) in [5.74, 6) is 0. The first-order chi connectivity index (χ1) is 7.84. The molecule has 3 nitrogen and oxygen atoms in total. The Morgan fingerprint density at radius 1 is 1.25 bits per heavy atom. The highest BCUT2D eigenvalue weighted by Crippen LogP contribution is 2.03. The lowest BCUT2D eigenvalue weighted by Crippen LogP contribution is -2.43. The largest absolute Gasteiger partial charge is 0.314 e. The van der Waals surface area contributed by atoms with Crippen molar-refractivity contribution in [3.05, 3.63) is 29.6 Å². The van der Waals surface area contributed by atoms with Gasteiger partial charge in [-0.25, -0.2) is 0 Å². The Hall–Kier alpha value is -0.930. The summed E-state index contributed by atoms with van der Waals surface area (Å²) in [6.45, 7) is 11.5. The molecule has 1 saturated heterocycles. The van der Waals surface area contributed by atoms with Gasteiger partial charge in [-0.05, 0) is 19.1 Å². The van der Waals surface area contributed by atoms with E-state index in [1.807, 2.05) is 26.8 Å². The van der Waals surface area contributed by atoms with Gasteiger partial charge in [-0.15, -0.1) is 0 Å². The van der Waals surface area contributed by atoms with Gasteiger partial charge in [0.1, 0.15) is 0 Å². The molecule has 2 rings (SSSR count). The fraction of sp³-hybridized carbons (Fsp3) is 0.615. The molecule has 0 radical (unpaired) electrons. The van der Waals surface area contributed by atoms with E-state index in [1.165, 1.54) is 5.69 Å². The molecule has 90 valence electrons. The standard InChI is InChI=1S/C11H17N3.C2H6/c1-10-3-2-4-11(13-10)9-14-7-5-12-6-8-14;1-2/h2-4,12H,5-9H2,1H3;1-2H3. The summed E-state index contributed by atoms with van der Waals surface area (Å²) in [4.78, 5) is 6.95. The summed E-state index contributed by atoms with van der Waals surface area (Å²) >= 11 is 0. The van der Waals surface area contributed by atoms with Crippen LogP contribution in [0, 0.1) is 6.92 Å². The first kappa shape index (κ1) is 13.1. The number of hydrogen-bond acceptors (Lipinski definition) is 3. The van der Waals surface area contributed by atoms with Gasteiger partial charge in [0.2, 0.25) is 0 Å². The number of nitrogens with one attached hydrogen (secondary N) is 1. The molecule has 16 heavy (non-hydrogen) atoms. The Labute approximate surface area is 98.9 Å². The van der Waals surface area contributed by atoms with Crippen molar-refractivity contribution < 1.29 is 0 Å². The maximum absolute atomic E-state index is 4.51. The third-order valence-electron chi connectivity index (χ3n) is 2.54. The van der Waals surface area contributed by atoms with Gasteiger partial charge >= 0.3 is 0 Å². The summed E-state index contributed by atoms with van der Waals surface area (Å²) in [5.41, 5.74) is 2.30. The number of aromatic nitrogens is 1. The van der Waals surface area contributed by atoms with E-state index in [0.717, 1.165) is 38.4 Å². The Morgan fingerprint density at radius 2 is 1.94 bits per heavy atom. The second-order valence-electron chi connectivity index (χ2n) is 3.80. The molecule has 2 heterocycles. The topological polar surface area (TPSA) is 28.2 Å². The minimum atomic E-state index is 0.989. The fourth-order valence-corrected chi connectivity index (χ4v) is 1.79. The van der Waals surface area contributed by atoms with E-state index in [4.69, 9.17) is 0 Å². The van der Waals surface area contributed by atoms with Crippen LogP contribution in [0.15, 0.2) is 18.2 Å². The smallest absolute Gasteiger partial charge is 0.0547 e. The van der Waals surface area contributed by atoms with Gasteiger partial charge in [-0.1, -0.05) is 19.9 Å².